The summed E-state index contributed by atoms with van der Waals surface area (Å²) in [4.78, 5) is 137. The maximum atomic E-state index is 14.4. The van der Waals surface area contributed by atoms with Crippen LogP contribution in [-0.2, 0) is 54.3 Å². The second-order valence-electron chi connectivity index (χ2n) is 19.3. The minimum absolute atomic E-state index is 0.0292. The number of rotatable bonds is 36. The Kier molecular flexibility index (Phi) is 29.5. The number of hydrogen-bond acceptors (Lipinski definition) is 15. The van der Waals surface area contributed by atoms with E-state index >= 15 is 0 Å². The lowest BCUT2D eigenvalue weighted by molar-refractivity contribution is -0.156. The highest BCUT2D eigenvalue weighted by Crippen LogP contribution is 2.23. The Balaban J connectivity index is 2.48. The molecule has 0 radical (unpaired) electrons. The number of imidazole rings is 1. The summed E-state index contributed by atoms with van der Waals surface area (Å²) < 4.78 is 5.39. The van der Waals surface area contributed by atoms with Gasteiger partial charge in [-0.3, -0.25) is 48.3 Å². The van der Waals surface area contributed by atoms with Crippen LogP contribution in [0.1, 0.15) is 117 Å². The number of unbranched alkanes of at least 4 members (excludes halogenated alkanes) is 1. The van der Waals surface area contributed by atoms with Crippen molar-refractivity contribution in [1.82, 2.24) is 47.2 Å². The van der Waals surface area contributed by atoms with Gasteiger partial charge < -0.3 is 86.4 Å². The molecule has 0 spiro atoms. The summed E-state index contributed by atoms with van der Waals surface area (Å²) in [5, 5.41) is 28.7. The zero-order chi connectivity index (χ0) is 58.5. The van der Waals surface area contributed by atoms with Crippen molar-refractivity contribution in [3.8, 4) is 0 Å². The standard InChI is InChI=1S/C50H83N17O11/c1-7-28(4)38(47(75)67-39(48(76)77)40(78-30(6)68)31-15-9-8-10-16-31)66-46(74)37(23-27(2)3)65-45(73)36(19-14-22-59-50(55)56)64-44(72)35(18-13-21-58-49(53)54)63-43(71)34(17-11-12-20-51)62-41(69)29(5)61-42(70)33(52)24-32-25-57-26-60-32/h8-10,15-16,25-29,33-40H,7,11-14,17-24,51-52H2,1-6H3,(H,57,60)(H,61,70)(H,62,69)(H,63,71)(H,64,72)(H,65,73)(H,66,74)(H,67,75)(H,76,77)(H4,53,54,58)(H4,55,56,59)/t28-,29-,33-,34-,35-,36-,37-,38-,39-,40+/m0/s1. The number of amides is 7. The highest BCUT2D eigenvalue weighted by Gasteiger charge is 2.39. The number of H-pyrrole nitrogens is 1. The summed E-state index contributed by atoms with van der Waals surface area (Å²) in [7, 11) is 0. The molecule has 2 rings (SSSR count). The number of ether oxygens (including phenoxy) is 1. The van der Waals surface area contributed by atoms with E-state index in [1.807, 2.05) is 0 Å². The van der Waals surface area contributed by atoms with Crippen LogP contribution in [-0.4, -0.2) is 148 Å². The maximum Gasteiger partial charge on any atom is 0.330 e. The van der Waals surface area contributed by atoms with Gasteiger partial charge in [0, 0.05) is 38.3 Å². The molecule has 0 saturated carbocycles. The van der Waals surface area contributed by atoms with E-state index in [2.05, 4.69) is 57.2 Å². The summed E-state index contributed by atoms with van der Waals surface area (Å²) in [6, 6.07) is -2.69. The fraction of sp³-hybridized carbons (Fsp3) is 0.600. The normalized spacial score (nSPS) is 14.9. The Labute approximate surface area is 454 Å². The number of nitrogens with two attached hydrogens (primary N) is 6. The monoisotopic (exact) mass is 1100 g/mol. The lowest BCUT2D eigenvalue weighted by Gasteiger charge is -2.31. The van der Waals surface area contributed by atoms with Crippen LogP contribution in [0.15, 0.2) is 52.8 Å². The van der Waals surface area contributed by atoms with Crippen LogP contribution in [0.3, 0.4) is 0 Å². The molecule has 0 saturated heterocycles. The lowest BCUT2D eigenvalue weighted by Crippen LogP contribution is -2.61. The number of nitrogens with zero attached hydrogens (tertiary/aromatic N) is 3. The number of aliphatic carboxylic acids is 1. The zero-order valence-corrected chi connectivity index (χ0v) is 45.4. The molecule has 0 aliphatic carbocycles. The molecular formula is C50H83N17O11. The average Bonchev–Trinajstić information content (AvgIpc) is 3.90. The van der Waals surface area contributed by atoms with Gasteiger partial charge in [-0.2, -0.15) is 0 Å². The van der Waals surface area contributed by atoms with Crippen molar-refractivity contribution < 1.29 is 53.0 Å². The number of benzene rings is 1. The van der Waals surface area contributed by atoms with Crippen LogP contribution in [0, 0.1) is 11.8 Å². The molecule has 1 heterocycles. The first kappa shape index (κ1) is 66.2. The van der Waals surface area contributed by atoms with Gasteiger partial charge in [0.15, 0.2) is 24.1 Å². The van der Waals surface area contributed by atoms with E-state index in [0.717, 1.165) is 6.92 Å². The van der Waals surface area contributed by atoms with Gasteiger partial charge in [0.05, 0.1) is 12.4 Å². The first-order chi connectivity index (χ1) is 36.9. The van der Waals surface area contributed by atoms with E-state index in [1.165, 1.54) is 31.6 Å². The second-order valence-corrected chi connectivity index (χ2v) is 19.3. The van der Waals surface area contributed by atoms with Crippen LogP contribution < -0.4 is 71.6 Å². The summed E-state index contributed by atoms with van der Waals surface area (Å²) in [5.41, 5.74) is 34.9. The minimum Gasteiger partial charge on any atom is -0.480 e. The Morgan fingerprint density at radius 3 is 1.62 bits per heavy atom. The fourth-order valence-electron chi connectivity index (χ4n) is 7.85. The smallest absolute Gasteiger partial charge is 0.330 e. The van der Waals surface area contributed by atoms with Gasteiger partial charge in [-0.15, -0.1) is 0 Å². The molecule has 7 amide bonds. The Bertz CT molecular complexity index is 2310. The molecule has 1 aromatic carbocycles. The first-order valence-electron chi connectivity index (χ1n) is 26.0. The maximum absolute atomic E-state index is 14.4. The van der Waals surface area contributed by atoms with Gasteiger partial charge in [-0.05, 0) is 82.2 Å². The van der Waals surface area contributed by atoms with Crippen LogP contribution >= 0.6 is 0 Å². The molecule has 10 atom stereocenters. The van der Waals surface area contributed by atoms with Crippen LogP contribution in [0.4, 0.5) is 0 Å². The van der Waals surface area contributed by atoms with Crippen molar-refractivity contribution in [2.24, 2.45) is 56.2 Å². The van der Waals surface area contributed by atoms with E-state index in [1.54, 1.807) is 45.9 Å². The third kappa shape index (κ3) is 24.4. The van der Waals surface area contributed by atoms with E-state index in [-0.39, 0.29) is 88.0 Å². The summed E-state index contributed by atoms with van der Waals surface area (Å²) in [5.74, 6) is -9.15. The quantitative estimate of drug-likeness (QED) is 0.0144. The van der Waals surface area contributed by atoms with Crippen LogP contribution in [0.25, 0.3) is 0 Å². The van der Waals surface area contributed by atoms with Gasteiger partial charge in [-0.1, -0.05) is 64.4 Å². The average molecular weight is 1100 g/mol. The number of aliphatic imine (C=N–C) groups is 2. The first-order valence-corrected chi connectivity index (χ1v) is 26.0. The number of carbonyl (C=O) groups is 9. The molecule has 1 aromatic heterocycles. The third-order valence-corrected chi connectivity index (χ3v) is 12.2. The second kappa shape index (κ2) is 34.7. The largest absolute Gasteiger partial charge is 0.480 e. The van der Waals surface area contributed by atoms with Gasteiger partial charge in [0.25, 0.3) is 0 Å². The molecule has 434 valence electrons. The van der Waals surface area contributed by atoms with Crippen molar-refractivity contribution in [2.45, 2.75) is 160 Å². The predicted octanol–water partition coefficient (Wildman–Crippen LogP) is -2.59. The Morgan fingerprint density at radius 2 is 1.15 bits per heavy atom. The molecule has 0 unspecified atom stereocenters. The summed E-state index contributed by atoms with van der Waals surface area (Å²) in [6.07, 6.45) is 3.02. The molecular weight excluding hydrogens is 1010 g/mol. The highest BCUT2D eigenvalue weighted by atomic mass is 16.5. The van der Waals surface area contributed by atoms with E-state index in [0.29, 0.717) is 25.0 Å². The van der Waals surface area contributed by atoms with Crippen molar-refractivity contribution in [2.75, 3.05) is 19.6 Å². The van der Waals surface area contributed by atoms with Crippen LogP contribution in [0.5, 0.6) is 0 Å². The SMILES string of the molecule is CC[C@H](C)[C@H](NC(=O)[C@H](CC(C)C)NC(=O)[C@H](CCCN=C(N)N)NC(=O)[C@H](CCCN=C(N)N)NC(=O)[C@H](CCCCN)NC(=O)[C@H](C)NC(=O)[C@@H](N)Cc1cnc[nH]1)C(=O)N[C@H](C(=O)O)[C@H](OC(C)=O)c1ccccc1. The molecule has 28 nitrogen and oxygen atoms in total. The number of carboxylic acids is 1. The molecule has 78 heavy (non-hydrogen) atoms. The van der Waals surface area contributed by atoms with Gasteiger partial charge in [-0.25, -0.2) is 9.78 Å². The minimum atomic E-state index is -1.78. The van der Waals surface area contributed by atoms with Crippen molar-refractivity contribution in [3.63, 3.8) is 0 Å². The number of aromatic amines is 1. The molecule has 0 bridgehead atoms. The molecule has 2 aromatic rings. The fourth-order valence-corrected chi connectivity index (χ4v) is 7.85. The van der Waals surface area contributed by atoms with Crippen LogP contribution in [0.2, 0.25) is 0 Å². The molecule has 21 N–H and O–H groups in total. The number of carboxylic acid groups (broad SMARTS) is 1. The van der Waals surface area contributed by atoms with Gasteiger partial charge in [0.1, 0.15) is 36.3 Å². The number of hydrogen-bond donors (Lipinski definition) is 15. The summed E-state index contributed by atoms with van der Waals surface area (Å²) >= 11 is 0. The van der Waals surface area contributed by atoms with Gasteiger partial charge in [0.2, 0.25) is 41.4 Å². The number of aromatic nitrogens is 2. The molecule has 0 fully saturated rings. The van der Waals surface area contributed by atoms with E-state index in [9.17, 15) is 48.3 Å². The molecule has 28 heteroatoms. The van der Waals surface area contributed by atoms with Crippen molar-refractivity contribution in [1.29, 1.82) is 0 Å². The number of esters is 1. The predicted molar refractivity (Wildman–Crippen MR) is 290 cm³/mol. The lowest BCUT2D eigenvalue weighted by atomic mass is 9.95. The van der Waals surface area contributed by atoms with Crippen molar-refractivity contribution >= 4 is 65.2 Å². The number of carbonyl (C=O) groups excluding carboxylic acids is 8. The zero-order valence-electron chi connectivity index (χ0n) is 45.4. The third-order valence-electron chi connectivity index (χ3n) is 12.2. The number of guanidine groups is 2. The summed E-state index contributed by atoms with van der Waals surface area (Å²) in [6.45, 7) is 9.83. The Hall–Kier alpha value is -7.88. The van der Waals surface area contributed by atoms with E-state index < -0.39 is 114 Å². The van der Waals surface area contributed by atoms with Gasteiger partial charge >= 0.3 is 11.9 Å². The molecule has 0 aliphatic heterocycles. The molecule has 0 aliphatic rings. The topological polar surface area (TPSA) is 477 Å². The Morgan fingerprint density at radius 1 is 0.654 bits per heavy atom. The van der Waals surface area contributed by atoms with Crippen molar-refractivity contribution in [3.05, 3.63) is 54.1 Å². The number of nitrogens with one attached hydrogen (secondary N) is 8. The van der Waals surface area contributed by atoms with E-state index in [4.69, 9.17) is 39.1 Å². The highest BCUT2D eigenvalue weighted by molar-refractivity contribution is 5.97.